The molecule has 19 heavy (non-hydrogen) atoms. The predicted octanol–water partition coefficient (Wildman–Crippen LogP) is 4.05. The predicted molar refractivity (Wildman–Crippen MR) is 72.4 cm³/mol. The van der Waals surface area contributed by atoms with Gasteiger partial charge in [-0.1, -0.05) is 23.7 Å². The van der Waals surface area contributed by atoms with Gasteiger partial charge in [-0.05, 0) is 12.1 Å². The molecule has 0 radical (unpaired) electrons. The van der Waals surface area contributed by atoms with Crippen molar-refractivity contribution in [3.05, 3.63) is 39.8 Å². The molecule has 2 aromatic rings. The minimum absolute atomic E-state index is 0.401. The number of thiazole rings is 1. The van der Waals surface area contributed by atoms with Crippen molar-refractivity contribution in [2.24, 2.45) is 0 Å². The van der Waals surface area contributed by atoms with Crippen molar-refractivity contribution in [3.8, 4) is 5.75 Å². The van der Waals surface area contributed by atoms with Crippen LogP contribution in [0.25, 0.3) is 0 Å². The molecule has 1 aromatic heterocycles. The lowest BCUT2D eigenvalue weighted by atomic mass is 10.3. The molecule has 0 aliphatic rings. The molecule has 0 fully saturated rings. The maximum Gasteiger partial charge on any atom is 0.272 e. The molecule has 3 nitrogen and oxygen atoms in total. The van der Waals surface area contributed by atoms with Crippen molar-refractivity contribution in [1.82, 2.24) is 4.98 Å². The molecule has 0 atom stereocenters. The second-order valence-corrected chi connectivity index (χ2v) is 5.33. The summed E-state index contributed by atoms with van der Waals surface area (Å²) in [7, 11) is 0. The van der Waals surface area contributed by atoms with Gasteiger partial charge in [-0.15, -0.1) is 11.3 Å². The van der Waals surface area contributed by atoms with E-state index in [9.17, 15) is 8.78 Å². The van der Waals surface area contributed by atoms with Crippen LogP contribution in [0.2, 0.25) is 4.47 Å². The van der Waals surface area contributed by atoms with E-state index in [2.05, 4.69) is 10.3 Å². The molecular weight excluding hydrogens is 294 g/mol. The summed E-state index contributed by atoms with van der Waals surface area (Å²) in [6, 6.07) is 6.95. The number of nitrogens with zero attached hydrogens (tertiary/aromatic N) is 1. The third-order valence-corrected chi connectivity index (χ3v) is 3.35. The molecule has 0 amide bonds. The minimum atomic E-state index is -2.49. The number of ether oxygens (including phenoxy) is 1. The van der Waals surface area contributed by atoms with Gasteiger partial charge in [0.25, 0.3) is 6.43 Å². The molecule has 0 aliphatic carbocycles. The molecule has 1 N–H and O–H groups in total. The number of hydrogen-bond donors (Lipinski definition) is 1. The molecule has 0 saturated heterocycles. The molecule has 0 bridgehead atoms. The van der Waals surface area contributed by atoms with Crippen LogP contribution < -0.4 is 10.1 Å². The fraction of sp³-hybridized carbons (Fsp3) is 0.250. The lowest BCUT2D eigenvalue weighted by Gasteiger charge is -2.12. The van der Waals surface area contributed by atoms with E-state index in [0.717, 1.165) is 4.88 Å². The summed E-state index contributed by atoms with van der Waals surface area (Å²) in [5.41, 5.74) is 0.660. The van der Waals surface area contributed by atoms with Gasteiger partial charge in [0.05, 0.1) is 12.2 Å². The van der Waals surface area contributed by atoms with Crippen LogP contribution in [-0.4, -0.2) is 18.0 Å². The minimum Gasteiger partial charge on any atom is -0.485 e. The van der Waals surface area contributed by atoms with Crippen LogP contribution in [0.15, 0.2) is 30.5 Å². The van der Waals surface area contributed by atoms with Crippen molar-refractivity contribution in [2.45, 2.75) is 13.0 Å². The largest absolute Gasteiger partial charge is 0.485 e. The number of alkyl halides is 2. The highest BCUT2D eigenvalue weighted by Gasteiger charge is 2.07. The Labute approximate surface area is 118 Å². The summed E-state index contributed by atoms with van der Waals surface area (Å²) < 4.78 is 29.8. The van der Waals surface area contributed by atoms with Gasteiger partial charge in [-0.3, -0.25) is 0 Å². The molecule has 2 rings (SSSR count). The first kappa shape index (κ1) is 14.0. The summed E-state index contributed by atoms with van der Waals surface area (Å²) in [6.07, 6.45) is -0.823. The van der Waals surface area contributed by atoms with Gasteiger partial charge in [-0.2, -0.15) is 0 Å². The van der Waals surface area contributed by atoms with Crippen LogP contribution in [0.4, 0.5) is 14.5 Å². The Hall–Kier alpha value is -1.40. The van der Waals surface area contributed by atoms with Gasteiger partial charge in [0.2, 0.25) is 0 Å². The van der Waals surface area contributed by atoms with Gasteiger partial charge in [0, 0.05) is 11.1 Å². The van der Waals surface area contributed by atoms with Gasteiger partial charge in [0.15, 0.2) is 4.47 Å². The highest BCUT2D eigenvalue weighted by molar-refractivity contribution is 7.15. The third kappa shape index (κ3) is 4.33. The number of aromatic nitrogens is 1. The van der Waals surface area contributed by atoms with Gasteiger partial charge in [0.1, 0.15) is 12.4 Å². The van der Waals surface area contributed by atoms with Gasteiger partial charge >= 0.3 is 0 Å². The smallest absolute Gasteiger partial charge is 0.272 e. The van der Waals surface area contributed by atoms with E-state index in [0.29, 0.717) is 22.4 Å². The monoisotopic (exact) mass is 304 g/mol. The molecule has 7 heteroatoms. The number of nitrogens with one attached hydrogen (secondary N) is 1. The Morgan fingerprint density at radius 2 is 2.16 bits per heavy atom. The van der Waals surface area contributed by atoms with Crippen LogP contribution in [0, 0.1) is 0 Å². The van der Waals surface area contributed by atoms with Crippen LogP contribution in [0.5, 0.6) is 5.75 Å². The summed E-state index contributed by atoms with van der Waals surface area (Å²) in [5.74, 6) is 0.401. The van der Waals surface area contributed by atoms with E-state index < -0.39 is 13.0 Å². The van der Waals surface area contributed by atoms with E-state index in [4.69, 9.17) is 16.3 Å². The van der Waals surface area contributed by atoms with Crippen molar-refractivity contribution in [2.75, 3.05) is 11.9 Å². The summed E-state index contributed by atoms with van der Waals surface area (Å²) in [6.45, 7) is -0.107. The Bertz CT molecular complexity index is 536. The Kier molecular flexibility index (Phi) is 4.93. The average molecular weight is 305 g/mol. The van der Waals surface area contributed by atoms with Crippen molar-refractivity contribution in [3.63, 3.8) is 0 Å². The zero-order valence-electron chi connectivity index (χ0n) is 9.78. The van der Waals surface area contributed by atoms with Crippen LogP contribution in [0.1, 0.15) is 4.88 Å². The highest BCUT2D eigenvalue weighted by Crippen LogP contribution is 2.26. The van der Waals surface area contributed by atoms with Gasteiger partial charge in [-0.25, -0.2) is 13.8 Å². The zero-order chi connectivity index (χ0) is 13.7. The second-order valence-electron chi connectivity index (χ2n) is 3.63. The number of para-hydroxylation sites is 2. The Morgan fingerprint density at radius 1 is 1.37 bits per heavy atom. The first-order valence-electron chi connectivity index (χ1n) is 5.49. The van der Waals surface area contributed by atoms with Crippen LogP contribution in [-0.2, 0) is 6.54 Å². The van der Waals surface area contributed by atoms with Crippen LogP contribution in [0.3, 0.4) is 0 Å². The fourth-order valence-electron chi connectivity index (χ4n) is 1.44. The van der Waals surface area contributed by atoms with Crippen molar-refractivity contribution < 1.29 is 13.5 Å². The first-order chi connectivity index (χ1) is 9.15. The maximum absolute atomic E-state index is 12.1. The molecule has 0 unspecified atom stereocenters. The molecule has 0 spiro atoms. The quantitative estimate of drug-likeness (QED) is 0.874. The molecular formula is C12H11ClF2N2OS. The van der Waals surface area contributed by atoms with E-state index in [1.165, 1.54) is 11.3 Å². The topological polar surface area (TPSA) is 34.1 Å². The molecule has 1 aromatic carbocycles. The Balaban J connectivity index is 1.99. The first-order valence-corrected chi connectivity index (χ1v) is 6.68. The SMILES string of the molecule is FC(F)COc1ccccc1NCc1cnc(Cl)s1. The Morgan fingerprint density at radius 3 is 2.84 bits per heavy atom. The normalized spacial score (nSPS) is 10.7. The molecule has 1 heterocycles. The van der Waals surface area contributed by atoms with E-state index >= 15 is 0 Å². The van der Waals surface area contributed by atoms with E-state index in [1.54, 1.807) is 30.5 Å². The number of anilines is 1. The average Bonchev–Trinajstić information content (AvgIpc) is 2.80. The second kappa shape index (κ2) is 6.68. The maximum atomic E-state index is 12.1. The number of halogens is 3. The standard InChI is InChI=1S/C12H11ClF2N2OS/c13-12-17-6-8(19-12)5-16-9-3-1-2-4-10(9)18-7-11(14)15/h1-4,6,11,16H,5,7H2. The van der Waals surface area contributed by atoms with Crippen molar-refractivity contribution in [1.29, 1.82) is 0 Å². The van der Waals surface area contributed by atoms with Crippen LogP contribution >= 0.6 is 22.9 Å². The highest BCUT2D eigenvalue weighted by atomic mass is 35.5. The van der Waals surface area contributed by atoms with E-state index in [-0.39, 0.29) is 0 Å². The molecule has 0 aliphatic heterocycles. The van der Waals surface area contributed by atoms with E-state index in [1.807, 2.05) is 0 Å². The summed E-state index contributed by atoms with van der Waals surface area (Å²) >= 11 is 7.09. The number of hydrogen-bond acceptors (Lipinski definition) is 4. The number of rotatable bonds is 6. The lowest BCUT2D eigenvalue weighted by Crippen LogP contribution is -2.09. The van der Waals surface area contributed by atoms with Gasteiger partial charge < -0.3 is 10.1 Å². The molecule has 0 saturated carbocycles. The third-order valence-electron chi connectivity index (χ3n) is 2.23. The summed E-state index contributed by atoms with van der Waals surface area (Å²) in [5, 5.41) is 3.11. The molecule has 102 valence electrons. The fourth-order valence-corrected chi connectivity index (χ4v) is 2.36. The summed E-state index contributed by atoms with van der Waals surface area (Å²) in [4.78, 5) is 4.88. The lowest BCUT2D eigenvalue weighted by molar-refractivity contribution is 0.0822. The zero-order valence-corrected chi connectivity index (χ0v) is 11.3. The van der Waals surface area contributed by atoms with Crippen molar-refractivity contribution >= 4 is 28.6 Å². The number of benzene rings is 1.